The molecule has 0 saturated carbocycles. The van der Waals surface area contributed by atoms with Gasteiger partial charge in [-0.25, -0.2) is 9.59 Å². The first-order chi connectivity index (χ1) is 15.8. The van der Waals surface area contributed by atoms with E-state index in [-0.39, 0.29) is 11.1 Å². The molecule has 3 aliphatic carbocycles. The summed E-state index contributed by atoms with van der Waals surface area (Å²) in [5.41, 5.74) is 9.32. The number of methoxy groups -OCH3 is 4. The zero-order chi connectivity index (χ0) is 24.0. The third kappa shape index (κ3) is 3.23. The summed E-state index contributed by atoms with van der Waals surface area (Å²) in [6.07, 6.45) is 0. The third-order valence-electron chi connectivity index (χ3n) is 6.54. The first kappa shape index (κ1) is 22.3. The second-order valence-corrected chi connectivity index (χ2v) is 7.95. The average molecular weight is 453 g/mol. The summed E-state index contributed by atoms with van der Waals surface area (Å²) in [6.45, 7) is 0. The lowest BCUT2D eigenvalue weighted by Crippen LogP contribution is -2.48. The number of carbonyl (C=O) groups is 4. The Morgan fingerprint density at radius 3 is 1.48 bits per heavy atom. The molecule has 0 fully saturated rings. The van der Waals surface area contributed by atoms with Crippen molar-refractivity contribution in [3.63, 3.8) is 0 Å². The van der Waals surface area contributed by atoms with E-state index < -0.39 is 47.5 Å². The van der Waals surface area contributed by atoms with E-state index in [1.54, 1.807) is 18.2 Å². The predicted octanol–water partition coefficient (Wildman–Crippen LogP) is 2.01. The Morgan fingerprint density at radius 2 is 1.06 bits per heavy atom. The summed E-state index contributed by atoms with van der Waals surface area (Å²) in [4.78, 5) is 50.9. The van der Waals surface area contributed by atoms with Crippen molar-refractivity contribution < 1.29 is 38.1 Å². The number of hydrogen-bond acceptors (Lipinski definition) is 9. The fraction of sp³-hybridized carbons (Fsp3) is 0.333. The number of hydrogen-bond donors (Lipinski definition) is 1. The fourth-order valence-electron chi connectivity index (χ4n) is 5.24. The summed E-state index contributed by atoms with van der Waals surface area (Å²) in [5.74, 6) is -5.72. The first-order valence-electron chi connectivity index (χ1n) is 10.2. The van der Waals surface area contributed by atoms with Gasteiger partial charge in [-0.15, -0.1) is 0 Å². The Morgan fingerprint density at radius 1 is 0.636 bits per heavy atom. The molecule has 172 valence electrons. The molecule has 0 aromatic heterocycles. The molecule has 5 rings (SSSR count). The minimum Gasteiger partial charge on any atom is -0.469 e. The molecule has 0 heterocycles. The van der Waals surface area contributed by atoms with Crippen LogP contribution in [-0.4, -0.2) is 52.3 Å². The van der Waals surface area contributed by atoms with E-state index in [0.29, 0.717) is 16.8 Å². The molecule has 2 bridgehead atoms. The Kier molecular flexibility index (Phi) is 5.57. The third-order valence-corrected chi connectivity index (χ3v) is 6.54. The molecule has 2 N–H and O–H groups in total. The Labute approximate surface area is 189 Å². The number of nitrogens with two attached hydrogens (primary N) is 1. The Hall–Kier alpha value is -3.88. The highest BCUT2D eigenvalue weighted by atomic mass is 16.5. The minimum absolute atomic E-state index is 0.000614. The van der Waals surface area contributed by atoms with E-state index in [4.69, 9.17) is 24.7 Å². The molecular weight excluding hydrogens is 430 g/mol. The quantitative estimate of drug-likeness (QED) is 0.419. The van der Waals surface area contributed by atoms with Crippen LogP contribution >= 0.6 is 0 Å². The van der Waals surface area contributed by atoms with E-state index in [9.17, 15) is 19.2 Å². The van der Waals surface area contributed by atoms with Crippen molar-refractivity contribution in [2.24, 2.45) is 11.8 Å². The van der Waals surface area contributed by atoms with Gasteiger partial charge in [-0.2, -0.15) is 0 Å². The maximum atomic E-state index is 13.0. The number of nitrogen functional groups attached to an aromatic ring is 1. The lowest BCUT2D eigenvalue weighted by molar-refractivity contribution is -0.160. The molecule has 0 spiro atoms. The maximum Gasteiger partial charge on any atom is 0.338 e. The lowest BCUT2D eigenvalue weighted by Gasteiger charge is -2.48. The summed E-state index contributed by atoms with van der Waals surface area (Å²) in [5, 5.41) is 0. The van der Waals surface area contributed by atoms with Crippen molar-refractivity contribution in [1.82, 2.24) is 0 Å². The molecule has 0 radical (unpaired) electrons. The number of ether oxygens (including phenoxy) is 4. The number of carbonyl (C=O) groups excluding carboxylic acids is 4. The molecular formula is C24H23NO8. The van der Waals surface area contributed by atoms with Crippen molar-refractivity contribution in [2.75, 3.05) is 34.2 Å². The second-order valence-electron chi connectivity index (χ2n) is 7.95. The monoisotopic (exact) mass is 453 g/mol. The zero-order valence-corrected chi connectivity index (χ0v) is 18.5. The van der Waals surface area contributed by atoms with Crippen molar-refractivity contribution in [3.05, 3.63) is 63.7 Å². The van der Waals surface area contributed by atoms with E-state index >= 15 is 0 Å². The lowest BCUT2D eigenvalue weighted by atomic mass is 9.53. The van der Waals surface area contributed by atoms with E-state index in [0.717, 1.165) is 11.1 Å². The molecule has 9 nitrogen and oxygen atoms in total. The zero-order valence-electron chi connectivity index (χ0n) is 18.5. The largest absolute Gasteiger partial charge is 0.469 e. The van der Waals surface area contributed by atoms with Crippen LogP contribution in [0.3, 0.4) is 0 Å². The topological polar surface area (TPSA) is 131 Å². The van der Waals surface area contributed by atoms with Crippen LogP contribution in [0.4, 0.5) is 5.69 Å². The van der Waals surface area contributed by atoms with E-state index in [1.165, 1.54) is 40.6 Å². The average Bonchev–Trinajstić information content (AvgIpc) is 2.84. The van der Waals surface area contributed by atoms with Crippen LogP contribution in [0.1, 0.15) is 54.8 Å². The van der Waals surface area contributed by atoms with Crippen LogP contribution in [0.2, 0.25) is 0 Å². The van der Waals surface area contributed by atoms with Crippen LogP contribution in [0.15, 0.2) is 30.3 Å². The fourth-order valence-corrected chi connectivity index (χ4v) is 5.24. The van der Waals surface area contributed by atoms with Crippen molar-refractivity contribution in [2.45, 2.75) is 11.8 Å². The Balaban J connectivity index is 2.08. The predicted molar refractivity (Wildman–Crippen MR) is 115 cm³/mol. The van der Waals surface area contributed by atoms with Gasteiger partial charge in [-0.3, -0.25) is 9.59 Å². The molecule has 4 atom stereocenters. The standard InChI is InChI=1S/C24H23NO8/c1-30-21(26)15-8-13-14(9-16(15)22(27)31-2)18-12-7-10(25)5-6-11(12)17(13)19(23(28)32-3)20(18)24(29)33-4/h5-9,17-20H,25H2,1-4H3/t17-,18-,19-,20-/m0/s1. The molecule has 2 aromatic carbocycles. The van der Waals surface area contributed by atoms with Crippen LogP contribution in [-0.2, 0) is 28.5 Å². The van der Waals surface area contributed by atoms with Crippen LogP contribution in [0, 0.1) is 11.8 Å². The SMILES string of the molecule is COC(=O)c1cc2c(cc1C(=O)OC)[C@@H]1c3cc(N)ccc3[C@@H]2[C@H](C(=O)OC)[C@H]1C(=O)OC. The van der Waals surface area contributed by atoms with Gasteiger partial charge in [-0.1, -0.05) is 6.07 Å². The van der Waals surface area contributed by atoms with Gasteiger partial charge in [0.1, 0.15) is 0 Å². The summed E-state index contributed by atoms with van der Waals surface area (Å²) >= 11 is 0. The molecule has 0 unspecified atom stereocenters. The van der Waals surface area contributed by atoms with Crippen molar-refractivity contribution in [1.29, 1.82) is 0 Å². The highest BCUT2D eigenvalue weighted by Crippen LogP contribution is 2.59. The molecule has 33 heavy (non-hydrogen) atoms. The van der Waals surface area contributed by atoms with Gasteiger partial charge in [0.25, 0.3) is 0 Å². The highest BCUT2D eigenvalue weighted by Gasteiger charge is 2.57. The van der Waals surface area contributed by atoms with E-state index in [2.05, 4.69) is 0 Å². The second kappa shape index (κ2) is 8.23. The van der Waals surface area contributed by atoms with Gasteiger partial charge in [0.05, 0.1) is 51.4 Å². The number of rotatable bonds is 4. The summed E-state index contributed by atoms with van der Waals surface area (Å²) in [6, 6.07) is 8.34. The highest BCUT2D eigenvalue weighted by molar-refractivity contribution is 6.04. The number of benzene rings is 2. The number of anilines is 1. The maximum absolute atomic E-state index is 13.0. The molecule has 0 aliphatic heterocycles. The van der Waals surface area contributed by atoms with Gasteiger partial charge in [-0.05, 0) is 46.5 Å². The Bertz CT molecular complexity index is 1190. The van der Waals surface area contributed by atoms with E-state index in [1.807, 2.05) is 0 Å². The van der Waals surface area contributed by atoms with Gasteiger partial charge < -0.3 is 24.7 Å². The van der Waals surface area contributed by atoms with Gasteiger partial charge >= 0.3 is 23.9 Å². The number of esters is 4. The summed E-state index contributed by atoms with van der Waals surface area (Å²) in [7, 11) is 4.91. The molecule has 9 heteroatoms. The number of fused-ring (bicyclic) bond motifs is 1. The molecule has 2 aromatic rings. The van der Waals surface area contributed by atoms with Gasteiger partial charge in [0.2, 0.25) is 0 Å². The van der Waals surface area contributed by atoms with Crippen LogP contribution < -0.4 is 5.73 Å². The normalized spacial score (nSPS) is 21.9. The van der Waals surface area contributed by atoms with Crippen LogP contribution in [0.25, 0.3) is 0 Å². The molecule has 0 amide bonds. The smallest absolute Gasteiger partial charge is 0.338 e. The molecule has 0 saturated heterocycles. The summed E-state index contributed by atoms with van der Waals surface area (Å²) < 4.78 is 19.9. The van der Waals surface area contributed by atoms with Gasteiger partial charge in [0.15, 0.2) is 0 Å². The van der Waals surface area contributed by atoms with Gasteiger partial charge in [0, 0.05) is 17.5 Å². The van der Waals surface area contributed by atoms with Crippen molar-refractivity contribution >= 4 is 29.6 Å². The minimum atomic E-state index is -0.913. The first-order valence-corrected chi connectivity index (χ1v) is 10.2. The molecule has 3 aliphatic rings. The van der Waals surface area contributed by atoms with Crippen LogP contribution in [0.5, 0.6) is 0 Å². The van der Waals surface area contributed by atoms with Crippen molar-refractivity contribution in [3.8, 4) is 0 Å².